The van der Waals surface area contributed by atoms with E-state index < -0.39 is 23.6 Å². The van der Waals surface area contributed by atoms with Crippen LogP contribution in [0.4, 0.5) is 13.2 Å². The Hall–Kier alpha value is -1.03. The molecule has 0 aliphatic heterocycles. The summed E-state index contributed by atoms with van der Waals surface area (Å²) in [5.74, 6) is -4.09. The zero-order valence-electron chi connectivity index (χ0n) is 11.2. The number of aliphatic hydroxyl groups is 1. The van der Waals surface area contributed by atoms with E-state index >= 15 is 0 Å². The maximum atomic E-state index is 13.6. The van der Waals surface area contributed by atoms with E-state index in [0.29, 0.717) is 0 Å². The van der Waals surface area contributed by atoms with Gasteiger partial charge in [0.15, 0.2) is 17.5 Å². The molecule has 1 N–H and O–H groups in total. The Morgan fingerprint density at radius 3 is 2.26 bits per heavy atom. The summed E-state index contributed by atoms with van der Waals surface area (Å²) in [7, 11) is 0. The van der Waals surface area contributed by atoms with Crippen molar-refractivity contribution >= 4 is 0 Å². The number of hydrogen-bond donors (Lipinski definition) is 1. The molecule has 2 rings (SSSR count). The van der Waals surface area contributed by atoms with Crippen LogP contribution in [0.2, 0.25) is 0 Å². The van der Waals surface area contributed by atoms with Crippen LogP contribution in [0.3, 0.4) is 0 Å². The first kappa shape index (κ1) is 14.4. The van der Waals surface area contributed by atoms with Crippen molar-refractivity contribution in [2.45, 2.75) is 45.6 Å². The van der Waals surface area contributed by atoms with Crippen LogP contribution in [-0.2, 0) is 0 Å². The average Bonchev–Trinajstić information content (AvgIpc) is 2.35. The zero-order chi connectivity index (χ0) is 14.2. The average molecular weight is 272 g/mol. The van der Waals surface area contributed by atoms with Gasteiger partial charge in [-0.2, -0.15) is 0 Å². The van der Waals surface area contributed by atoms with Crippen LogP contribution in [0.15, 0.2) is 12.1 Å². The summed E-state index contributed by atoms with van der Waals surface area (Å²) in [6.45, 7) is 4.32. The lowest BCUT2D eigenvalue weighted by Crippen LogP contribution is -2.25. The van der Waals surface area contributed by atoms with Gasteiger partial charge in [0.1, 0.15) is 0 Å². The van der Waals surface area contributed by atoms with Crippen LogP contribution in [-0.4, -0.2) is 5.11 Å². The molecular formula is C15H19F3O. The maximum Gasteiger partial charge on any atom is 0.194 e. The van der Waals surface area contributed by atoms with E-state index in [2.05, 4.69) is 13.8 Å². The van der Waals surface area contributed by atoms with Gasteiger partial charge in [-0.25, -0.2) is 13.2 Å². The summed E-state index contributed by atoms with van der Waals surface area (Å²) >= 11 is 0. The third-order valence-electron chi connectivity index (χ3n) is 4.21. The Balaban J connectivity index is 2.17. The summed E-state index contributed by atoms with van der Waals surface area (Å²) in [4.78, 5) is 0. The standard InChI is InChI=1S/C15H19F3O/c1-15(2)7-5-9(6-8-15)14(19)10-3-4-11(16)13(18)12(10)17/h3-4,9,14,19H,5-8H2,1-2H3. The van der Waals surface area contributed by atoms with E-state index in [-0.39, 0.29) is 16.9 Å². The van der Waals surface area contributed by atoms with Crippen molar-refractivity contribution in [2.75, 3.05) is 0 Å². The van der Waals surface area contributed by atoms with E-state index in [0.717, 1.165) is 37.8 Å². The number of hydrogen-bond acceptors (Lipinski definition) is 1. The largest absolute Gasteiger partial charge is 0.388 e. The Bertz CT molecular complexity index is 461. The van der Waals surface area contributed by atoms with Crippen molar-refractivity contribution < 1.29 is 18.3 Å². The highest BCUT2D eigenvalue weighted by molar-refractivity contribution is 5.23. The van der Waals surface area contributed by atoms with Crippen LogP contribution in [0, 0.1) is 28.8 Å². The quantitative estimate of drug-likeness (QED) is 0.793. The second-order valence-electron chi connectivity index (χ2n) is 6.21. The van der Waals surface area contributed by atoms with Gasteiger partial charge in [0.2, 0.25) is 0 Å². The predicted molar refractivity (Wildman–Crippen MR) is 67.0 cm³/mol. The molecule has 19 heavy (non-hydrogen) atoms. The number of rotatable bonds is 2. The smallest absolute Gasteiger partial charge is 0.194 e. The molecule has 1 aromatic rings. The molecule has 0 bridgehead atoms. The van der Waals surface area contributed by atoms with Gasteiger partial charge >= 0.3 is 0 Å². The van der Waals surface area contributed by atoms with Gasteiger partial charge < -0.3 is 5.11 Å². The lowest BCUT2D eigenvalue weighted by molar-refractivity contribution is 0.0537. The van der Waals surface area contributed by atoms with Crippen molar-refractivity contribution in [1.82, 2.24) is 0 Å². The molecule has 0 amide bonds. The van der Waals surface area contributed by atoms with Gasteiger partial charge in [-0.1, -0.05) is 19.9 Å². The normalized spacial score (nSPS) is 21.4. The lowest BCUT2D eigenvalue weighted by atomic mass is 9.71. The summed E-state index contributed by atoms with van der Waals surface area (Å²) < 4.78 is 39.7. The highest BCUT2D eigenvalue weighted by Crippen LogP contribution is 2.43. The van der Waals surface area contributed by atoms with E-state index in [4.69, 9.17) is 0 Å². The molecule has 0 aromatic heterocycles. The first-order valence-electron chi connectivity index (χ1n) is 6.63. The minimum atomic E-state index is -1.51. The van der Waals surface area contributed by atoms with E-state index in [1.165, 1.54) is 0 Å². The van der Waals surface area contributed by atoms with Gasteiger partial charge in [0.25, 0.3) is 0 Å². The number of aliphatic hydroxyl groups excluding tert-OH is 1. The Labute approximate surface area is 111 Å². The molecule has 1 aliphatic rings. The minimum absolute atomic E-state index is 0.0904. The van der Waals surface area contributed by atoms with Gasteiger partial charge in [0, 0.05) is 5.56 Å². The molecule has 1 unspecified atom stereocenters. The molecule has 1 aromatic carbocycles. The monoisotopic (exact) mass is 272 g/mol. The summed E-state index contributed by atoms with van der Waals surface area (Å²) in [5, 5.41) is 10.2. The van der Waals surface area contributed by atoms with E-state index in [1.807, 2.05) is 0 Å². The van der Waals surface area contributed by atoms with E-state index in [1.54, 1.807) is 0 Å². The fourth-order valence-electron chi connectivity index (χ4n) is 2.76. The highest BCUT2D eigenvalue weighted by Gasteiger charge is 2.33. The third-order valence-corrected chi connectivity index (χ3v) is 4.21. The summed E-state index contributed by atoms with van der Waals surface area (Å²) in [5.41, 5.74) is 0.103. The first-order valence-corrected chi connectivity index (χ1v) is 6.63. The molecule has 0 saturated heterocycles. The SMILES string of the molecule is CC1(C)CCC(C(O)c2ccc(F)c(F)c2F)CC1. The predicted octanol–water partition coefficient (Wildman–Crippen LogP) is 4.35. The molecule has 0 radical (unpaired) electrons. The Morgan fingerprint density at radius 2 is 1.68 bits per heavy atom. The van der Waals surface area contributed by atoms with Crippen LogP contribution in [0.5, 0.6) is 0 Å². The molecule has 0 heterocycles. The summed E-state index contributed by atoms with van der Waals surface area (Å²) in [6, 6.07) is 2.00. The number of benzene rings is 1. The molecule has 1 atom stereocenters. The minimum Gasteiger partial charge on any atom is -0.388 e. The van der Waals surface area contributed by atoms with Gasteiger partial charge in [0.05, 0.1) is 6.10 Å². The molecule has 4 heteroatoms. The maximum absolute atomic E-state index is 13.6. The van der Waals surface area contributed by atoms with Gasteiger partial charge in [-0.15, -0.1) is 0 Å². The molecule has 1 fully saturated rings. The fraction of sp³-hybridized carbons (Fsp3) is 0.600. The van der Waals surface area contributed by atoms with Crippen LogP contribution in [0.1, 0.15) is 51.2 Å². The van der Waals surface area contributed by atoms with Gasteiger partial charge in [-0.05, 0) is 43.1 Å². The summed E-state index contributed by atoms with van der Waals surface area (Å²) in [6.07, 6.45) is 2.37. The van der Waals surface area contributed by atoms with E-state index in [9.17, 15) is 18.3 Å². The topological polar surface area (TPSA) is 20.2 Å². The highest BCUT2D eigenvalue weighted by atomic mass is 19.2. The Morgan fingerprint density at radius 1 is 1.11 bits per heavy atom. The molecule has 106 valence electrons. The van der Waals surface area contributed by atoms with Crippen LogP contribution < -0.4 is 0 Å². The molecule has 0 spiro atoms. The first-order chi connectivity index (χ1) is 8.82. The third kappa shape index (κ3) is 2.94. The molecule has 1 saturated carbocycles. The van der Waals surface area contributed by atoms with Crippen molar-refractivity contribution in [3.05, 3.63) is 35.1 Å². The zero-order valence-corrected chi connectivity index (χ0v) is 11.2. The molecular weight excluding hydrogens is 253 g/mol. The van der Waals surface area contributed by atoms with Crippen LogP contribution in [0.25, 0.3) is 0 Å². The van der Waals surface area contributed by atoms with Crippen molar-refractivity contribution in [2.24, 2.45) is 11.3 Å². The lowest BCUT2D eigenvalue weighted by Gasteiger charge is -2.36. The Kier molecular flexibility index (Phi) is 3.90. The molecule has 1 aliphatic carbocycles. The van der Waals surface area contributed by atoms with Crippen molar-refractivity contribution in [3.63, 3.8) is 0 Å². The second kappa shape index (κ2) is 5.16. The number of halogens is 3. The fourth-order valence-corrected chi connectivity index (χ4v) is 2.76. The van der Waals surface area contributed by atoms with Crippen molar-refractivity contribution in [3.8, 4) is 0 Å². The molecule has 1 nitrogen and oxygen atoms in total. The van der Waals surface area contributed by atoms with Gasteiger partial charge in [-0.3, -0.25) is 0 Å². The van der Waals surface area contributed by atoms with Crippen molar-refractivity contribution in [1.29, 1.82) is 0 Å². The second-order valence-corrected chi connectivity index (χ2v) is 6.21. The van der Waals surface area contributed by atoms with Crippen LogP contribution >= 0.6 is 0 Å².